The Bertz CT molecular complexity index is 829. The van der Waals surface area contributed by atoms with Gasteiger partial charge in [-0.15, -0.1) is 0 Å². The highest BCUT2D eigenvalue weighted by atomic mass is 35.5. The van der Waals surface area contributed by atoms with Crippen molar-refractivity contribution in [2.75, 3.05) is 6.54 Å². The molecule has 2 aromatic rings. The third kappa shape index (κ3) is 5.26. The van der Waals surface area contributed by atoms with Crippen molar-refractivity contribution in [3.63, 3.8) is 0 Å². The van der Waals surface area contributed by atoms with Gasteiger partial charge in [0.05, 0.1) is 0 Å². The molecule has 2 amide bonds. The van der Waals surface area contributed by atoms with E-state index in [0.717, 1.165) is 18.4 Å². The molecule has 1 aliphatic carbocycles. The summed E-state index contributed by atoms with van der Waals surface area (Å²) in [5, 5.41) is 1.94. The van der Waals surface area contributed by atoms with Crippen LogP contribution in [-0.2, 0) is 6.54 Å². The Morgan fingerprint density at radius 2 is 1.81 bits per heavy atom. The third-order valence-electron chi connectivity index (χ3n) is 4.05. The van der Waals surface area contributed by atoms with Crippen molar-refractivity contribution in [1.82, 2.24) is 10.2 Å². The van der Waals surface area contributed by atoms with Crippen molar-refractivity contribution in [2.24, 2.45) is 0 Å². The summed E-state index contributed by atoms with van der Waals surface area (Å²) in [5.41, 5.74) is 0.866. The molecule has 144 valence electrons. The zero-order valence-electron chi connectivity index (χ0n) is 14.1. The SMILES string of the molecule is O=C(NCC(F)(F)F)c1ccc(CN(C(=O)c2ccc(Cl)o2)C2CC2)cc1. The lowest BCUT2D eigenvalue weighted by atomic mass is 10.1. The van der Waals surface area contributed by atoms with Gasteiger partial charge in [-0.1, -0.05) is 12.1 Å². The molecule has 1 aromatic carbocycles. The molecule has 0 unspecified atom stereocenters. The van der Waals surface area contributed by atoms with Crippen molar-refractivity contribution in [3.8, 4) is 0 Å². The molecule has 5 nitrogen and oxygen atoms in total. The van der Waals surface area contributed by atoms with Gasteiger partial charge >= 0.3 is 6.18 Å². The van der Waals surface area contributed by atoms with E-state index in [1.807, 2.05) is 5.32 Å². The average Bonchev–Trinajstić information content (AvgIpc) is 3.37. The minimum atomic E-state index is -4.46. The molecule has 1 fully saturated rings. The van der Waals surface area contributed by atoms with Crippen LogP contribution in [0.1, 0.15) is 39.3 Å². The number of benzene rings is 1. The van der Waals surface area contributed by atoms with Gasteiger partial charge in [0.25, 0.3) is 11.8 Å². The second-order valence-corrected chi connectivity index (χ2v) is 6.64. The summed E-state index contributed by atoms with van der Waals surface area (Å²) < 4.78 is 41.7. The lowest BCUT2D eigenvalue weighted by Crippen LogP contribution is -2.34. The van der Waals surface area contributed by atoms with E-state index in [0.29, 0.717) is 6.54 Å². The second kappa shape index (κ2) is 7.64. The van der Waals surface area contributed by atoms with Crippen molar-refractivity contribution in [1.29, 1.82) is 0 Å². The van der Waals surface area contributed by atoms with Gasteiger partial charge in [-0.05, 0) is 54.3 Å². The Hall–Kier alpha value is -2.48. The largest absolute Gasteiger partial charge is 0.440 e. The van der Waals surface area contributed by atoms with Gasteiger partial charge in [-0.25, -0.2) is 0 Å². The maximum Gasteiger partial charge on any atom is 0.405 e. The zero-order valence-corrected chi connectivity index (χ0v) is 14.8. The molecular weight excluding hydrogens is 385 g/mol. The quantitative estimate of drug-likeness (QED) is 0.796. The van der Waals surface area contributed by atoms with Gasteiger partial charge in [-0.2, -0.15) is 13.2 Å². The Kier molecular flexibility index (Phi) is 5.46. The summed E-state index contributed by atoms with van der Waals surface area (Å²) in [6.45, 7) is -1.09. The molecule has 1 heterocycles. The van der Waals surface area contributed by atoms with Gasteiger partial charge in [0.2, 0.25) is 0 Å². The molecule has 27 heavy (non-hydrogen) atoms. The van der Waals surface area contributed by atoms with Crippen LogP contribution in [0.5, 0.6) is 0 Å². The number of furan rings is 1. The molecule has 0 atom stereocenters. The maximum atomic E-state index is 12.6. The zero-order chi connectivity index (χ0) is 19.6. The lowest BCUT2D eigenvalue weighted by Gasteiger charge is -2.21. The smallest absolute Gasteiger partial charge is 0.405 e. The van der Waals surface area contributed by atoms with Crippen LogP contribution in [0.15, 0.2) is 40.8 Å². The van der Waals surface area contributed by atoms with E-state index < -0.39 is 18.6 Å². The van der Waals surface area contributed by atoms with Crippen LogP contribution in [0.3, 0.4) is 0 Å². The molecular formula is C18H16ClF3N2O3. The number of nitrogens with zero attached hydrogens (tertiary/aromatic N) is 1. The third-order valence-corrected chi connectivity index (χ3v) is 4.25. The van der Waals surface area contributed by atoms with Gasteiger partial charge in [-0.3, -0.25) is 9.59 Å². The number of amides is 2. The second-order valence-electron chi connectivity index (χ2n) is 6.26. The predicted molar refractivity (Wildman–Crippen MR) is 91.4 cm³/mol. The maximum absolute atomic E-state index is 12.6. The Labute approximate surface area is 158 Å². The van der Waals surface area contributed by atoms with E-state index >= 15 is 0 Å². The Morgan fingerprint density at radius 1 is 1.15 bits per heavy atom. The monoisotopic (exact) mass is 400 g/mol. The van der Waals surface area contributed by atoms with E-state index in [1.54, 1.807) is 17.0 Å². The fourth-order valence-corrected chi connectivity index (χ4v) is 2.71. The Balaban J connectivity index is 1.65. The molecule has 0 aliphatic heterocycles. The highest BCUT2D eigenvalue weighted by molar-refractivity contribution is 6.29. The first-order chi connectivity index (χ1) is 12.7. The highest BCUT2D eigenvalue weighted by Gasteiger charge is 2.34. The molecule has 1 aromatic heterocycles. The molecule has 0 radical (unpaired) electrons. The van der Waals surface area contributed by atoms with Crippen LogP contribution >= 0.6 is 11.6 Å². The standard InChI is InChI=1S/C18H16ClF3N2O3/c19-15-8-7-14(27-15)17(26)24(13-5-6-13)9-11-1-3-12(4-2-11)16(25)23-10-18(20,21)22/h1-4,7-8,13H,5-6,9-10H2,(H,23,25). The summed E-state index contributed by atoms with van der Waals surface area (Å²) in [6, 6.07) is 9.19. The van der Waals surface area contributed by atoms with E-state index in [1.165, 1.54) is 24.3 Å². The first kappa shape index (κ1) is 19.3. The van der Waals surface area contributed by atoms with Crippen molar-refractivity contribution < 1.29 is 27.2 Å². The molecule has 0 saturated heterocycles. The first-order valence-corrected chi connectivity index (χ1v) is 8.61. The molecule has 0 spiro atoms. The predicted octanol–water partition coefficient (Wildman–Crippen LogP) is 4.03. The molecule has 1 saturated carbocycles. The minimum absolute atomic E-state index is 0.108. The van der Waals surface area contributed by atoms with Gasteiger partial charge in [0.15, 0.2) is 11.0 Å². The van der Waals surface area contributed by atoms with E-state index in [4.69, 9.17) is 16.0 Å². The number of hydrogen-bond donors (Lipinski definition) is 1. The van der Waals surface area contributed by atoms with Gasteiger partial charge in [0.1, 0.15) is 6.54 Å². The summed E-state index contributed by atoms with van der Waals surface area (Å²) in [6.07, 6.45) is -2.69. The number of nitrogens with one attached hydrogen (secondary N) is 1. The number of rotatable bonds is 6. The van der Waals surface area contributed by atoms with Crippen LogP contribution in [0.2, 0.25) is 5.22 Å². The molecule has 0 bridgehead atoms. The van der Waals surface area contributed by atoms with Crippen LogP contribution in [-0.4, -0.2) is 35.5 Å². The van der Waals surface area contributed by atoms with Crippen LogP contribution in [0, 0.1) is 0 Å². The number of carbonyl (C=O) groups excluding carboxylic acids is 2. The van der Waals surface area contributed by atoms with Crippen LogP contribution in [0.4, 0.5) is 13.2 Å². The van der Waals surface area contributed by atoms with Crippen molar-refractivity contribution in [2.45, 2.75) is 31.6 Å². The van der Waals surface area contributed by atoms with Gasteiger partial charge < -0.3 is 14.6 Å². The number of carbonyl (C=O) groups is 2. The minimum Gasteiger partial charge on any atom is -0.440 e. The summed E-state index contributed by atoms with van der Waals surface area (Å²) >= 11 is 5.72. The van der Waals surface area contributed by atoms with Crippen LogP contribution in [0.25, 0.3) is 0 Å². The van der Waals surface area contributed by atoms with E-state index in [2.05, 4.69) is 0 Å². The van der Waals surface area contributed by atoms with E-state index in [9.17, 15) is 22.8 Å². The first-order valence-electron chi connectivity index (χ1n) is 8.23. The van der Waals surface area contributed by atoms with Crippen LogP contribution < -0.4 is 5.32 Å². The fraction of sp³-hybridized carbons (Fsp3) is 0.333. The van der Waals surface area contributed by atoms with Crippen molar-refractivity contribution >= 4 is 23.4 Å². The van der Waals surface area contributed by atoms with E-state index in [-0.39, 0.29) is 28.5 Å². The molecule has 1 aliphatic rings. The fourth-order valence-electron chi connectivity index (χ4n) is 2.56. The molecule has 3 rings (SSSR count). The molecule has 9 heteroatoms. The number of halogens is 4. The topological polar surface area (TPSA) is 62.6 Å². The number of hydrogen-bond acceptors (Lipinski definition) is 3. The van der Waals surface area contributed by atoms with Crippen molar-refractivity contribution in [3.05, 3.63) is 58.5 Å². The summed E-state index contributed by atoms with van der Waals surface area (Å²) in [5.74, 6) is -0.939. The highest BCUT2D eigenvalue weighted by Crippen LogP contribution is 2.30. The normalized spacial score (nSPS) is 14.1. The summed E-state index contributed by atoms with van der Waals surface area (Å²) in [7, 11) is 0. The Morgan fingerprint density at radius 3 is 2.33 bits per heavy atom. The van der Waals surface area contributed by atoms with Gasteiger partial charge in [0, 0.05) is 18.2 Å². The molecule has 1 N–H and O–H groups in total. The number of alkyl halides is 3. The lowest BCUT2D eigenvalue weighted by molar-refractivity contribution is -0.123. The average molecular weight is 401 g/mol. The summed E-state index contributed by atoms with van der Waals surface area (Å²) in [4.78, 5) is 26.0.